The van der Waals surface area contributed by atoms with Crippen LogP contribution >= 0.6 is 22.9 Å². The van der Waals surface area contributed by atoms with E-state index in [0.717, 1.165) is 11.3 Å². The number of benzene rings is 1. The van der Waals surface area contributed by atoms with Gasteiger partial charge in [-0.1, -0.05) is 11.6 Å². The molecule has 3 N–H and O–H groups in total. The third-order valence-electron chi connectivity index (χ3n) is 4.07. The first kappa shape index (κ1) is 24.2. The molecule has 1 aromatic carbocycles. The van der Waals surface area contributed by atoms with E-state index in [9.17, 15) is 19.2 Å². The maximum Gasteiger partial charge on any atom is 0.342 e. The van der Waals surface area contributed by atoms with E-state index in [1.54, 1.807) is 13.8 Å². The van der Waals surface area contributed by atoms with Crippen LogP contribution in [0, 0.1) is 6.92 Å². The van der Waals surface area contributed by atoms with Crippen molar-refractivity contribution in [2.75, 3.05) is 31.4 Å². The molecule has 0 aliphatic heterocycles. The molecule has 2 rings (SSSR count). The standard InChI is InChI=1S/C20H21ClN2O7S/c1-5-29-20(27)16-9(2)17(10(3)24)31-18(16)23-15(25)8-30-19(26)11-6-12(21)13(22)7-14(11)28-4/h6-7H,5,8,22H2,1-4H3,(H,23,25). The summed E-state index contributed by atoms with van der Waals surface area (Å²) in [5, 5.41) is 2.76. The average molecular weight is 469 g/mol. The smallest absolute Gasteiger partial charge is 0.342 e. The zero-order valence-corrected chi connectivity index (χ0v) is 18.9. The molecule has 0 aliphatic rings. The number of hydrogen-bond donors (Lipinski definition) is 2. The fourth-order valence-electron chi connectivity index (χ4n) is 2.66. The molecule has 0 fully saturated rings. The second-order valence-corrected chi connectivity index (χ2v) is 7.66. The molecule has 1 heterocycles. The highest BCUT2D eigenvalue weighted by atomic mass is 35.5. The van der Waals surface area contributed by atoms with Crippen molar-refractivity contribution >= 4 is 57.3 Å². The van der Waals surface area contributed by atoms with Gasteiger partial charge < -0.3 is 25.3 Å². The van der Waals surface area contributed by atoms with E-state index >= 15 is 0 Å². The molecular weight excluding hydrogens is 448 g/mol. The first-order chi connectivity index (χ1) is 14.6. The maximum atomic E-state index is 12.4. The van der Waals surface area contributed by atoms with Crippen LogP contribution in [0.4, 0.5) is 10.7 Å². The summed E-state index contributed by atoms with van der Waals surface area (Å²) in [7, 11) is 1.34. The van der Waals surface area contributed by atoms with Gasteiger partial charge in [0.1, 0.15) is 16.3 Å². The number of halogens is 1. The molecule has 0 radical (unpaired) electrons. The van der Waals surface area contributed by atoms with E-state index in [1.165, 1.54) is 26.2 Å². The number of anilines is 2. The molecular formula is C20H21ClN2O7S. The minimum absolute atomic E-state index is 0.00690. The number of carbonyl (C=O) groups excluding carboxylic acids is 4. The van der Waals surface area contributed by atoms with Crippen molar-refractivity contribution in [1.29, 1.82) is 0 Å². The third kappa shape index (κ3) is 5.53. The molecule has 0 bridgehead atoms. The van der Waals surface area contributed by atoms with Crippen LogP contribution in [0.1, 0.15) is 49.8 Å². The highest BCUT2D eigenvalue weighted by Gasteiger charge is 2.26. The Bertz CT molecular complexity index is 1050. The molecule has 1 aromatic heterocycles. The zero-order chi connectivity index (χ0) is 23.3. The number of ether oxygens (including phenoxy) is 3. The molecule has 0 unspecified atom stereocenters. The highest BCUT2D eigenvalue weighted by molar-refractivity contribution is 7.18. The van der Waals surface area contributed by atoms with E-state index in [2.05, 4.69) is 5.32 Å². The van der Waals surface area contributed by atoms with Gasteiger partial charge in [0.2, 0.25) is 0 Å². The summed E-state index contributed by atoms with van der Waals surface area (Å²) in [5.41, 5.74) is 6.38. The molecule has 31 heavy (non-hydrogen) atoms. The van der Waals surface area contributed by atoms with Crippen LogP contribution in [0.5, 0.6) is 5.75 Å². The van der Waals surface area contributed by atoms with Crippen LogP contribution in [0.3, 0.4) is 0 Å². The lowest BCUT2D eigenvalue weighted by molar-refractivity contribution is -0.119. The monoisotopic (exact) mass is 468 g/mol. The summed E-state index contributed by atoms with van der Waals surface area (Å²) in [4.78, 5) is 49.1. The SMILES string of the molecule is CCOC(=O)c1c(NC(=O)COC(=O)c2cc(Cl)c(N)cc2OC)sc(C(C)=O)c1C. The molecule has 166 valence electrons. The first-order valence-corrected chi connectivity index (χ1v) is 10.2. The van der Waals surface area contributed by atoms with Gasteiger partial charge >= 0.3 is 11.9 Å². The lowest BCUT2D eigenvalue weighted by atomic mass is 10.1. The minimum Gasteiger partial charge on any atom is -0.496 e. The lowest BCUT2D eigenvalue weighted by Crippen LogP contribution is -2.22. The number of nitrogens with one attached hydrogen (secondary N) is 1. The number of nitrogen functional groups attached to an aromatic ring is 1. The number of rotatable bonds is 8. The van der Waals surface area contributed by atoms with Crippen molar-refractivity contribution in [1.82, 2.24) is 0 Å². The van der Waals surface area contributed by atoms with Gasteiger partial charge in [-0.15, -0.1) is 11.3 Å². The number of thiophene rings is 1. The van der Waals surface area contributed by atoms with Gasteiger partial charge in [0.05, 0.1) is 34.9 Å². The van der Waals surface area contributed by atoms with Gasteiger partial charge in [0.15, 0.2) is 12.4 Å². The van der Waals surface area contributed by atoms with Crippen LogP contribution in [0.25, 0.3) is 0 Å². The first-order valence-electron chi connectivity index (χ1n) is 9.02. The molecule has 1 amide bonds. The molecule has 0 atom stereocenters. The van der Waals surface area contributed by atoms with Crippen LogP contribution < -0.4 is 15.8 Å². The number of Topliss-reactive ketones (excluding diaryl/α,β-unsaturated/α-hetero) is 1. The largest absolute Gasteiger partial charge is 0.496 e. The highest BCUT2D eigenvalue weighted by Crippen LogP contribution is 2.34. The number of hydrogen-bond acceptors (Lipinski definition) is 9. The number of ketones is 1. The molecule has 11 heteroatoms. The van der Waals surface area contributed by atoms with Gasteiger partial charge in [-0.05, 0) is 32.4 Å². The van der Waals surface area contributed by atoms with Crippen molar-refractivity contribution in [3.63, 3.8) is 0 Å². The molecule has 2 aromatic rings. The van der Waals surface area contributed by atoms with E-state index < -0.39 is 24.5 Å². The lowest BCUT2D eigenvalue weighted by Gasteiger charge is -2.11. The molecule has 0 saturated heterocycles. The predicted octanol–water partition coefficient (Wildman–Crippen LogP) is 3.48. The van der Waals surface area contributed by atoms with Gasteiger partial charge in [0.25, 0.3) is 5.91 Å². The number of carbonyl (C=O) groups is 4. The zero-order valence-electron chi connectivity index (χ0n) is 17.3. The summed E-state index contributed by atoms with van der Waals surface area (Å²) in [6, 6.07) is 2.64. The maximum absolute atomic E-state index is 12.4. The number of nitrogens with two attached hydrogens (primary N) is 1. The molecule has 0 aliphatic carbocycles. The third-order valence-corrected chi connectivity index (χ3v) is 5.71. The summed E-state index contributed by atoms with van der Waals surface area (Å²) in [6.45, 7) is 4.05. The summed E-state index contributed by atoms with van der Waals surface area (Å²) in [5.74, 6) is -2.36. The van der Waals surface area contributed by atoms with Gasteiger partial charge in [-0.25, -0.2) is 9.59 Å². The normalized spacial score (nSPS) is 10.4. The van der Waals surface area contributed by atoms with E-state index in [4.69, 9.17) is 31.5 Å². The van der Waals surface area contributed by atoms with E-state index in [1.807, 2.05) is 0 Å². The van der Waals surface area contributed by atoms with Gasteiger partial charge in [0, 0.05) is 6.07 Å². The Labute approximate surface area is 187 Å². The van der Waals surface area contributed by atoms with E-state index in [-0.39, 0.29) is 45.0 Å². The van der Waals surface area contributed by atoms with Crippen molar-refractivity contribution in [3.8, 4) is 5.75 Å². The van der Waals surface area contributed by atoms with Gasteiger partial charge in [-0.2, -0.15) is 0 Å². The van der Waals surface area contributed by atoms with Crippen LogP contribution in [-0.2, 0) is 14.3 Å². The van der Waals surface area contributed by atoms with Crippen molar-refractivity contribution in [2.45, 2.75) is 20.8 Å². The van der Waals surface area contributed by atoms with Crippen LogP contribution in [-0.4, -0.2) is 44.0 Å². The van der Waals surface area contributed by atoms with E-state index in [0.29, 0.717) is 10.4 Å². The average Bonchev–Trinajstić information content (AvgIpc) is 3.04. The summed E-state index contributed by atoms with van der Waals surface area (Å²) < 4.78 is 15.1. The van der Waals surface area contributed by atoms with Crippen LogP contribution in [0.2, 0.25) is 5.02 Å². The van der Waals surface area contributed by atoms with Crippen molar-refractivity contribution in [2.24, 2.45) is 0 Å². The Hall–Kier alpha value is -3.11. The Morgan fingerprint density at radius 3 is 2.42 bits per heavy atom. The molecule has 0 spiro atoms. The second kappa shape index (κ2) is 10.3. The molecule has 0 saturated carbocycles. The minimum atomic E-state index is -0.855. The topological polar surface area (TPSA) is 134 Å². The summed E-state index contributed by atoms with van der Waals surface area (Å²) in [6.07, 6.45) is 0. The number of methoxy groups -OCH3 is 1. The quantitative estimate of drug-likeness (QED) is 0.341. The van der Waals surface area contributed by atoms with Crippen molar-refractivity contribution < 1.29 is 33.4 Å². The fraction of sp³-hybridized carbons (Fsp3) is 0.300. The molecule has 9 nitrogen and oxygen atoms in total. The number of amides is 1. The number of esters is 2. The summed E-state index contributed by atoms with van der Waals surface area (Å²) >= 11 is 6.88. The second-order valence-electron chi connectivity index (χ2n) is 6.24. The van der Waals surface area contributed by atoms with Gasteiger partial charge in [-0.3, -0.25) is 9.59 Å². The Morgan fingerprint density at radius 2 is 1.84 bits per heavy atom. The van der Waals surface area contributed by atoms with Crippen LogP contribution in [0.15, 0.2) is 12.1 Å². The Balaban J connectivity index is 2.17. The Kier molecular flexibility index (Phi) is 8.01. The Morgan fingerprint density at radius 1 is 1.16 bits per heavy atom. The van der Waals surface area contributed by atoms with Crippen molar-refractivity contribution in [3.05, 3.63) is 38.7 Å². The fourth-order valence-corrected chi connectivity index (χ4v) is 3.93. The predicted molar refractivity (Wildman–Crippen MR) is 116 cm³/mol.